The molecule has 3 heterocycles. The number of alkyl halides is 3. The second-order valence-electron chi connectivity index (χ2n) is 8.26. The molecule has 2 aromatic rings. The molecule has 0 bridgehead atoms. The van der Waals surface area contributed by atoms with E-state index in [0.29, 0.717) is 5.69 Å². The number of aromatic nitrogens is 2. The largest absolute Gasteiger partial charge is 0.805 e. The molecule has 2 aliphatic rings. The third-order valence-corrected chi connectivity index (χ3v) is 6.14. The summed E-state index contributed by atoms with van der Waals surface area (Å²) in [6.45, 7) is 3.87. The second-order valence-corrected chi connectivity index (χ2v) is 8.26. The summed E-state index contributed by atoms with van der Waals surface area (Å²) < 4.78 is 40.7. The quantitative estimate of drug-likeness (QED) is 0.533. The number of rotatable bonds is 3. The van der Waals surface area contributed by atoms with Crippen LogP contribution in [-0.2, 0) is 6.18 Å². The van der Waals surface area contributed by atoms with E-state index in [9.17, 15) is 28.1 Å². The van der Waals surface area contributed by atoms with Gasteiger partial charge in [0.1, 0.15) is 5.52 Å². The molecule has 0 saturated carbocycles. The van der Waals surface area contributed by atoms with Crippen molar-refractivity contribution in [3.63, 3.8) is 0 Å². The molecule has 0 spiro atoms. The van der Waals surface area contributed by atoms with Crippen molar-refractivity contribution in [1.82, 2.24) is 4.73 Å². The Labute approximate surface area is 177 Å². The van der Waals surface area contributed by atoms with Crippen molar-refractivity contribution in [2.75, 3.05) is 36.0 Å². The van der Waals surface area contributed by atoms with Crippen LogP contribution in [-0.4, -0.2) is 36.7 Å². The van der Waals surface area contributed by atoms with E-state index in [1.165, 1.54) is 12.1 Å². The van der Waals surface area contributed by atoms with Crippen LogP contribution in [0.4, 0.5) is 24.5 Å². The molecule has 2 aliphatic heterocycles. The number of hydrogen-bond acceptors (Lipinski definition) is 5. The summed E-state index contributed by atoms with van der Waals surface area (Å²) in [5.74, 6) is -1.10. The molecule has 7 nitrogen and oxygen atoms in total. The predicted molar refractivity (Wildman–Crippen MR) is 111 cm³/mol. The Morgan fingerprint density at radius 2 is 1.42 bits per heavy atom. The van der Waals surface area contributed by atoms with Crippen LogP contribution >= 0.6 is 0 Å². The Balaban J connectivity index is 2.03. The SMILES string of the molecule is CC(=O)c1c(C(F)(F)F)n([O-])c2cc(N3CCCCC3)c(N3CCCCC3)cc2[n+]1=O. The van der Waals surface area contributed by atoms with Gasteiger partial charge in [0.05, 0.1) is 15.8 Å². The molecular formula is C21H25F3N4O3. The van der Waals surface area contributed by atoms with Gasteiger partial charge in [-0.25, -0.2) is 0 Å². The van der Waals surface area contributed by atoms with Gasteiger partial charge in [0.25, 0.3) is 5.52 Å². The number of nitrogens with zero attached hydrogens (tertiary/aromatic N) is 4. The van der Waals surface area contributed by atoms with E-state index in [0.717, 1.165) is 77.3 Å². The normalized spacial score (nSPS) is 17.9. The molecule has 2 saturated heterocycles. The summed E-state index contributed by atoms with van der Waals surface area (Å²) in [5.41, 5.74) is -2.15. The molecule has 4 rings (SSSR count). The highest BCUT2D eigenvalue weighted by molar-refractivity contribution is 5.94. The lowest BCUT2D eigenvalue weighted by Crippen LogP contribution is -2.36. The number of benzene rings is 1. The number of ketones is 1. The highest BCUT2D eigenvalue weighted by atomic mass is 19.4. The van der Waals surface area contributed by atoms with E-state index in [1.807, 2.05) is 0 Å². The van der Waals surface area contributed by atoms with E-state index >= 15 is 0 Å². The lowest BCUT2D eigenvalue weighted by molar-refractivity contribution is -0.470. The fraction of sp³-hybridized carbons (Fsp3) is 0.571. The van der Waals surface area contributed by atoms with E-state index in [1.54, 1.807) is 0 Å². The van der Waals surface area contributed by atoms with Crippen LogP contribution in [0.25, 0.3) is 11.0 Å². The molecule has 0 N–H and O–H groups in total. The lowest BCUT2D eigenvalue weighted by atomic mass is 10.1. The van der Waals surface area contributed by atoms with Gasteiger partial charge >= 0.3 is 11.9 Å². The lowest BCUT2D eigenvalue weighted by Gasteiger charge is -2.36. The van der Waals surface area contributed by atoms with Crippen LogP contribution in [0.3, 0.4) is 0 Å². The number of anilines is 2. The number of hydrogen-bond donors (Lipinski definition) is 0. The molecule has 0 aliphatic carbocycles. The zero-order valence-corrected chi connectivity index (χ0v) is 17.4. The van der Waals surface area contributed by atoms with Crippen LogP contribution in [0.2, 0.25) is 0 Å². The third-order valence-electron chi connectivity index (χ3n) is 6.14. The third kappa shape index (κ3) is 3.83. The molecule has 0 atom stereocenters. The van der Waals surface area contributed by atoms with Crippen LogP contribution in [0.1, 0.15) is 61.6 Å². The Morgan fingerprint density at radius 3 is 1.87 bits per heavy atom. The molecule has 1 aromatic heterocycles. The molecule has 0 radical (unpaired) electrons. The predicted octanol–water partition coefficient (Wildman–Crippen LogP) is 4.10. The van der Waals surface area contributed by atoms with Gasteiger partial charge in [0, 0.05) is 44.1 Å². The van der Waals surface area contributed by atoms with Gasteiger partial charge in [-0.1, -0.05) is 0 Å². The van der Waals surface area contributed by atoms with Crippen molar-refractivity contribution in [3.05, 3.63) is 33.6 Å². The summed E-state index contributed by atoms with van der Waals surface area (Å²) in [7, 11) is 0. The average Bonchev–Trinajstić information content (AvgIpc) is 2.75. The zero-order chi connectivity index (χ0) is 22.3. The summed E-state index contributed by atoms with van der Waals surface area (Å²) in [6.07, 6.45) is 0.880. The van der Waals surface area contributed by atoms with Crippen LogP contribution in [0, 0.1) is 10.1 Å². The van der Waals surface area contributed by atoms with Crippen molar-refractivity contribution in [1.29, 1.82) is 0 Å². The Hall–Kier alpha value is -2.78. The molecule has 0 amide bonds. The number of piperidine rings is 2. The van der Waals surface area contributed by atoms with Crippen LogP contribution in [0.15, 0.2) is 12.1 Å². The minimum atomic E-state index is -5.14. The highest BCUT2D eigenvalue weighted by Gasteiger charge is 2.44. The van der Waals surface area contributed by atoms with Crippen LogP contribution in [0.5, 0.6) is 0 Å². The van der Waals surface area contributed by atoms with Gasteiger partial charge in [0.2, 0.25) is 11.5 Å². The van der Waals surface area contributed by atoms with Crippen LogP contribution < -0.4 is 14.2 Å². The maximum Gasteiger partial charge on any atom is 0.438 e. The topological polar surface area (TPSA) is 74.5 Å². The van der Waals surface area contributed by atoms with Crippen molar-refractivity contribution < 1.29 is 22.4 Å². The minimum Gasteiger partial charge on any atom is -0.805 e. The van der Waals surface area contributed by atoms with E-state index in [-0.39, 0.29) is 20.2 Å². The van der Waals surface area contributed by atoms with Crippen molar-refractivity contribution in [3.8, 4) is 0 Å². The smallest absolute Gasteiger partial charge is 0.438 e. The molecule has 2 fully saturated rings. The Morgan fingerprint density at radius 1 is 0.935 bits per heavy atom. The number of fused-ring (bicyclic) bond motifs is 1. The number of halogens is 3. The summed E-state index contributed by atoms with van der Waals surface area (Å²) in [5, 5.41) is 12.8. The Kier molecular flexibility index (Phi) is 5.57. The Bertz CT molecular complexity index is 1070. The van der Waals surface area contributed by atoms with E-state index < -0.39 is 23.3 Å². The first-order valence-corrected chi connectivity index (χ1v) is 10.6. The van der Waals surface area contributed by atoms with Gasteiger partial charge in [-0.2, -0.15) is 13.2 Å². The standard InChI is InChI=1S/C21H25F3N4O3/c1-14(29)19-20(21(22,23)24)28(31)18-13-16(26-10-6-3-7-11-26)15(12-17(18)27(19)30)25-8-4-2-5-9-25/h12-13H,2-11H2,1H3. The number of carbonyl (C=O) groups excluding carboxylic acids is 1. The minimum absolute atomic E-state index is 0.0255. The second kappa shape index (κ2) is 8.05. The first kappa shape index (κ1) is 21.5. The highest BCUT2D eigenvalue weighted by Crippen LogP contribution is 2.38. The first-order valence-electron chi connectivity index (χ1n) is 10.6. The molecular weight excluding hydrogens is 413 g/mol. The molecule has 31 heavy (non-hydrogen) atoms. The number of carbonyl (C=O) groups is 1. The van der Waals surface area contributed by atoms with Gasteiger partial charge < -0.3 is 19.7 Å². The molecule has 168 valence electrons. The van der Waals surface area contributed by atoms with Crippen molar-refractivity contribution in [2.45, 2.75) is 51.6 Å². The first-order chi connectivity index (χ1) is 14.7. The summed E-state index contributed by atoms with van der Waals surface area (Å²) in [4.78, 5) is 29.1. The average molecular weight is 438 g/mol. The van der Waals surface area contributed by atoms with E-state index in [4.69, 9.17) is 0 Å². The van der Waals surface area contributed by atoms with Gasteiger partial charge in [-0.05, 0) is 44.6 Å². The fourth-order valence-corrected chi connectivity index (χ4v) is 4.65. The molecule has 0 unspecified atom stereocenters. The fourth-order valence-electron chi connectivity index (χ4n) is 4.65. The van der Waals surface area contributed by atoms with E-state index in [2.05, 4.69) is 9.80 Å². The maximum atomic E-state index is 13.7. The maximum absolute atomic E-state index is 13.7. The van der Waals surface area contributed by atoms with Crippen molar-refractivity contribution >= 4 is 28.2 Å². The monoisotopic (exact) mass is 438 g/mol. The van der Waals surface area contributed by atoms with Crippen molar-refractivity contribution in [2.24, 2.45) is 0 Å². The van der Waals surface area contributed by atoms with Gasteiger partial charge in [-0.15, -0.1) is 0 Å². The molecule has 10 heteroatoms. The molecule has 1 aromatic carbocycles. The summed E-state index contributed by atoms with van der Waals surface area (Å²) >= 11 is 0. The van der Waals surface area contributed by atoms with Gasteiger partial charge in [0.15, 0.2) is 0 Å². The zero-order valence-electron chi connectivity index (χ0n) is 17.4. The summed E-state index contributed by atoms with van der Waals surface area (Å²) in [6, 6.07) is 2.88. The number of Topliss-reactive ketones (excluding diaryl/α,β-unsaturated/α-hetero) is 1. The van der Waals surface area contributed by atoms with Gasteiger partial charge in [-0.3, -0.25) is 4.79 Å².